The Labute approximate surface area is 117 Å². The third-order valence-corrected chi connectivity index (χ3v) is 5.18. The number of nitrogen functional groups attached to an aromatic ring is 1. The molecule has 0 aliphatic rings. The Morgan fingerprint density at radius 2 is 2.11 bits per heavy atom. The molecule has 1 aromatic carbocycles. The van der Waals surface area contributed by atoms with E-state index in [1.54, 1.807) is 18.2 Å². The van der Waals surface area contributed by atoms with Gasteiger partial charge in [-0.3, -0.25) is 4.21 Å². The van der Waals surface area contributed by atoms with Crippen LogP contribution in [-0.2, 0) is 10.8 Å². The quantitative estimate of drug-likeness (QED) is 0.762. The second-order valence-corrected chi connectivity index (χ2v) is 6.49. The van der Waals surface area contributed by atoms with E-state index in [1.165, 1.54) is 12.8 Å². The Kier molecular flexibility index (Phi) is 6.72. The van der Waals surface area contributed by atoms with Crippen molar-refractivity contribution in [1.82, 2.24) is 0 Å². The van der Waals surface area contributed by atoms with Crippen LogP contribution < -0.4 is 5.73 Å². The fourth-order valence-corrected chi connectivity index (χ4v) is 3.86. The van der Waals surface area contributed by atoms with Gasteiger partial charge >= 0.3 is 0 Å². The number of rotatable bonds is 7. The van der Waals surface area contributed by atoms with Crippen molar-refractivity contribution in [2.24, 2.45) is 5.92 Å². The number of anilines is 1. The molecule has 0 aliphatic carbocycles. The Morgan fingerprint density at radius 1 is 1.39 bits per heavy atom. The molecule has 102 valence electrons. The monoisotopic (exact) mass is 287 g/mol. The summed E-state index contributed by atoms with van der Waals surface area (Å²) < 4.78 is 12.3. The van der Waals surface area contributed by atoms with Gasteiger partial charge in [-0.15, -0.1) is 0 Å². The van der Waals surface area contributed by atoms with Crippen molar-refractivity contribution in [3.05, 3.63) is 23.2 Å². The lowest BCUT2D eigenvalue weighted by Crippen LogP contribution is -2.11. The first-order valence-electron chi connectivity index (χ1n) is 6.51. The Bertz CT molecular complexity index is 409. The summed E-state index contributed by atoms with van der Waals surface area (Å²) in [5.74, 6) is 1.21. The lowest BCUT2D eigenvalue weighted by atomic mass is 10.0. The van der Waals surface area contributed by atoms with Crippen LogP contribution in [0.1, 0.15) is 39.5 Å². The topological polar surface area (TPSA) is 43.1 Å². The van der Waals surface area contributed by atoms with Crippen molar-refractivity contribution in [3.63, 3.8) is 0 Å². The van der Waals surface area contributed by atoms with Gasteiger partial charge in [0.15, 0.2) is 0 Å². The number of hydrogen-bond donors (Lipinski definition) is 1. The molecule has 2 N–H and O–H groups in total. The average Bonchev–Trinajstić information content (AvgIpc) is 2.34. The van der Waals surface area contributed by atoms with Gasteiger partial charge in [0.05, 0.1) is 20.7 Å². The van der Waals surface area contributed by atoms with Crippen LogP contribution in [0.3, 0.4) is 0 Å². The molecule has 2 nitrogen and oxygen atoms in total. The first-order chi connectivity index (χ1) is 8.58. The molecule has 0 spiro atoms. The standard InChI is InChI=1S/C14H22ClNOS/c1-3-5-6-11(4-2)10-18(17)14-8-7-12(16)9-13(14)15/h7-9,11H,3-6,10,16H2,1-2H3. The minimum atomic E-state index is -1.02. The largest absolute Gasteiger partial charge is 0.399 e. The molecule has 0 aliphatic heterocycles. The summed E-state index contributed by atoms with van der Waals surface area (Å²) in [6, 6.07) is 5.20. The fourth-order valence-electron chi connectivity index (χ4n) is 1.90. The van der Waals surface area contributed by atoms with E-state index in [0.717, 1.165) is 12.8 Å². The maximum atomic E-state index is 12.3. The van der Waals surface area contributed by atoms with Gasteiger partial charge in [0.1, 0.15) is 0 Å². The van der Waals surface area contributed by atoms with E-state index < -0.39 is 10.8 Å². The summed E-state index contributed by atoms with van der Waals surface area (Å²) in [6.07, 6.45) is 4.60. The lowest BCUT2D eigenvalue weighted by molar-refractivity contribution is 0.494. The van der Waals surface area contributed by atoms with Crippen molar-refractivity contribution in [3.8, 4) is 0 Å². The number of hydrogen-bond acceptors (Lipinski definition) is 2. The van der Waals surface area contributed by atoms with Crippen LogP contribution in [0, 0.1) is 5.92 Å². The zero-order chi connectivity index (χ0) is 13.5. The first-order valence-corrected chi connectivity index (χ1v) is 8.21. The van der Waals surface area contributed by atoms with Crippen LogP contribution in [0.25, 0.3) is 0 Å². The van der Waals surface area contributed by atoms with Gasteiger partial charge in [0, 0.05) is 11.4 Å². The van der Waals surface area contributed by atoms with Gasteiger partial charge in [0.2, 0.25) is 0 Å². The third-order valence-electron chi connectivity index (χ3n) is 3.13. The summed E-state index contributed by atoms with van der Waals surface area (Å²) in [7, 11) is -1.02. The molecule has 0 amide bonds. The zero-order valence-electron chi connectivity index (χ0n) is 11.1. The van der Waals surface area contributed by atoms with Crippen LogP contribution in [-0.4, -0.2) is 9.96 Å². The van der Waals surface area contributed by atoms with Gasteiger partial charge in [-0.25, -0.2) is 0 Å². The van der Waals surface area contributed by atoms with E-state index in [4.69, 9.17) is 17.3 Å². The van der Waals surface area contributed by atoms with Crippen LogP contribution in [0.4, 0.5) is 5.69 Å². The smallest absolute Gasteiger partial charge is 0.0587 e. The summed E-state index contributed by atoms with van der Waals surface area (Å²) in [5.41, 5.74) is 6.25. The van der Waals surface area contributed by atoms with Crippen LogP contribution >= 0.6 is 11.6 Å². The fraction of sp³-hybridized carbons (Fsp3) is 0.571. The maximum Gasteiger partial charge on any atom is 0.0587 e. The van der Waals surface area contributed by atoms with E-state index >= 15 is 0 Å². The van der Waals surface area contributed by atoms with Gasteiger partial charge < -0.3 is 5.73 Å². The first kappa shape index (κ1) is 15.5. The summed E-state index contributed by atoms with van der Waals surface area (Å²) in [5, 5.41) is 0.513. The van der Waals surface area contributed by atoms with Crippen molar-refractivity contribution in [2.75, 3.05) is 11.5 Å². The SMILES string of the molecule is CCCCC(CC)CS(=O)c1ccc(N)cc1Cl. The predicted octanol–water partition coefficient (Wildman–Crippen LogP) is 4.25. The van der Waals surface area contributed by atoms with E-state index in [1.807, 2.05) is 0 Å². The Balaban J connectivity index is 2.68. The molecule has 18 heavy (non-hydrogen) atoms. The molecule has 2 unspecified atom stereocenters. The van der Waals surface area contributed by atoms with Crippen LogP contribution in [0.5, 0.6) is 0 Å². The highest BCUT2D eigenvalue weighted by Gasteiger charge is 2.14. The van der Waals surface area contributed by atoms with E-state index in [-0.39, 0.29) is 0 Å². The lowest BCUT2D eigenvalue weighted by Gasteiger charge is -2.14. The average molecular weight is 288 g/mol. The molecule has 0 bridgehead atoms. The normalized spacial score (nSPS) is 14.4. The molecule has 4 heteroatoms. The highest BCUT2D eigenvalue weighted by molar-refractivity contribution is 7.85. The molecule has 0 saturated carbocycles. The molecular weight excluding hydrogens is 266 g/mol. The van der Waals surface area contributed by atoms with E-state index in [0.29, 0.717) is 27.3 Å². The molecular formula is C14H22ClNOS. The van der Waals surface area contributed by atoms with Gasteiger partial charge in [-0.2, -0.15) is 0 Å². The molecule has 0 fully saturated rings. The molecule has 2 atom stereocenters. The molecule has 1 aromatic rings. The van der Waals surface area contributed by atoms with Crippen LogP contribution in [0.2, 0.25) is 5.02 Å². The van der Waals surface area contributed by atoms with Crippen molar-refractivity contribution < 1.29 is 4.21 Å². The van der Waals surface area contributed by atoms with Crippen molar-refractivity contribution >= 4 is 28.1 Å². The number of benzene rings is 1. The highest BCUT2D eigenvalue weighted by atomic mass is 35.5. The number of nitrogens with two attached hydrogens (primary N) is 1. The Morgan fingerprint density at radius 3 is 2.67 bits per heavy atom. The minimum Gasteiger partial charge on any atom is -0.399 e. The van der Waals surface area contributed by atoms with Crippen LogP contribution in [0.15, 0.2) is 23.1 Å². The van der Waals surface area contributed by atoms with Gasteiger partial charge in [0.25, 0.3) is 0 Å². The molecule has 0 aromatic heterocycles. The van der Waals surface area contributed by atoms with Crippen molar-refractivity contribution in [1.29, 1.82) is 0 Å². The number of halogens is 1. The zero-order valence-corrected chi connectivity index (χ0v) is 12.7. The highest BCUT2D eigenvalue weighted by Crippen LogP contribution is 2.25. The van der Waals surface area contributed by atoms with Crippen molar-refractivity contribution in [2.45, 2.75) is 44.4 Å². The minimum absolute atomic E-state index is 0.513. The molecule has 0 radical (unpaired) electrons. The summed E-state index contributed by atoms with van der Waals surface area (Å²) >= 11 is 6.08. The third kappa shape index (κ3) is 4.62. The second-order valence-electron chi connectivity index (χ2n) is 4.62. The van der Waals surface area contributed by atoms with Gasteiger partial charge in [-0.1, -0.05) is 44.7 Å². The summed E-state index contributed by atoms with van der Waals surface area (Å²) in [6.45, 7) is 4.34. The van der Waals surface area contributed by atoms with E-state index in [9.17, 15) is 4.21 Å². The van der Waals surface area contributed by atoms with Gasteiger partial charge in [-0.05, 0) is 30.5 Å². The molecule has 1 rings (SSSR count). The molecule has 0 saturated heterocycles. The van der Waals surface area contributed by atoms with E-state index in [2.05, 4.69) is 13.8 Å². The molecule has 0 heterocycles. The Hall–Kier alpha value is -0.540. The number of unbranched alkanes of at least 4 members (excludes halogenated alkanes) is 1. The maximum absolute atomic E-state index is 12.3. The summed E-state index contributed by atoms with van der Waals surface area (Å²) in [4.78, 5) is 0.709. The second kappa shape index (κ2) is 7.80. The predicted molar refractivity (Wildman–Crippen MR) is 80.4 cm³/mol.